The fraction of sp³-hybridized carbons (Fsp3) is 0.900. The topological polar surface area (TPSA) is 75.4 Å². The molecular formula is C10H22N2O2. The fourth-order valence-corrected chi connectivity index (χ4v) is 1.20. The molecule has 0 rings (SSSR count). The molecule has 1 unspecified atom stereocenters. The van der Waals surface area contributed by atoms with Crippen molar-refractivity contribution in [1.29, 1.82) is 0 Å². The van der Waals surface area contributed by atoms with E-state index in [1.54, 1.807) is 0 Å². The molecule has 1 amide bonds. The molecule has 84 valence electrons. The highest BCUT2D eigenvalue weighted by atomic mass is 16.3. The molecule has 4 heteroatoms. The van der Waals surface area contributed by atoms with Crippen LogP contribution in [0.3, 0.4) is 0 Å². The summed E-state index contributed by atoms with van der Waals surface area (Å²) in [4.78, 5) is 11.2. The van der Waals surface area contributed by atoms with Crippen LogP contribution in [0.5, 0.6) is 0 Å². The van der Waals surface area contributed by atoms with E-state index < -0.39 is 0 Å². The van der Waals surface area contributed by atoms with Crippen molar-refractivity contribution in [2.45, 2.75) is 32.6 Å². The molecule has 0 saturated heterocycles. The molecule has 4 N–H and O–H groups in total. The molecule has 14 heavy (non-hydrogen) atoms. The van der Waals surface area contributed by atoms with Gasteiger partial charge in [0.15, 0.2) is 0 Å². The van der Waals surface area contributed by atoms with Crippen molar-refractivity contribution in [2.75, 3.05) is 19.7 Å². The van der Waals surface area contributed by atoms with E-state index >= 15 is 0 Å². The van der Waals surface area contributed by atoms with E-state index in [4.69, 9.17) is 10.8 Å². The number of hydrogen-bond donors (Lipinski definition) is 3. The van der Waals surface area contributed by atoms with Gasteiger partial charge in [-0.3, -0.25) is 4.79 Å². The summed E-state index contributed by atoms with van der Waals surface area (Å²) in [6.45, 7) is 3.49. The van der Waals surface area contributed by atoms with Crippen molar-refractivity contribution in [3.8, 4) is 0 Å². The molecule has 0 aliphatic rings. The Kier molecular flexibility index (Phi) is 8.57. The van der Waals surface area contributed by atoms with Crippen molar-refractivity contribution in [1.82, 2.24) is 5.32 Å². The number of carbonyl (C=O) groups is 1. The van der Waals surface area contributed by atoms with Crippen LogP contribution in [0.1, 0.15) is 32.6 Å². The Hall–Kier alpha value is -0.610. The van der Waals surface area contributed by atoms with Crippen LogP contribution >= 0.6 is 0 Å². The Morgan fingerprint density at radius 3 is 2.79 bits per heavy atom. The van der Waals surface area contributed by atoms with Gasteiger partial charge in [-0.1, -0.05) is 6.92 Å². The Morgan fingerprint density at radius 1 is 1.50 bits per heavy atom. The lowest BCUT2D eigenvalue weighted by atomic mass is 10.0. The second-order valence-electron chi connectivity index (χ2n) is 3.65. The lowest BCUT2D eigenvalue weighted by Crippen LogP contribution is -2.25. The van der Waals surface area contributed by atoms with Gasteiger partial charge in [0.2, 0.25) is 5.91 Å². The molecule has 1 atom stereocenters. The monoisotopic (exact) mass is 202 g/mol. The van der Waals surface area contributed by atoms with Crippen LogP contribution in [0.15, 0.2) is 0 Å². The van der Waals surface area contributed by atoms with Gasteiger partial charge in [-0.2, -0.15) is 0 Å². The van der Waals surface area contributed by atoms with E-state index in [1.807, 2.05) is 0 Å². The third kappa shape index (κ3) is 8.01. The molecule has 0 spiro atoms. The molecule has 0 aliphatic heterocycles. The predicted molar refractivity (Wildman–Crippen MR) is 56.8 cm³/mol. The Labute approximate surface area is 85.9 Å². The van der Waals surface area contributed by atoms with E-state index in [0.29, 0.717) is 31.8 Å². The number of amides is 1. The SMILES string of the molecule is CC(CCN)CCC(=O)NCCCO. The Balaban J connectivity index is 3.34. The number of carbonyl (C=O) groups excluding carboxylic acids is 1. The lowest BCUT2D eigenvalue weighted by molar-refractivity contribution is -0.121. The highest BCUT2D eigenvalue weighted by Gasteiger charge is 2.05. The zero-order chi connectivity index (χ0) is 10.8. The van der Waals surface area contributed by atoms with Gasteiger partial charge >= 0.3 is 0 Å². The molecule has 4 nitrogen and oxygen atoms in total. The molecule has 0 heterocycles. The minimum Gasteiger partial charge on any atom is -0.396 e. The Morgan fingerprint density at radius 2 is 2.21 bits per heavy atom. The van der Waals surface area contributed by atoms with Crippen molar-refractivity contribution >= 4 is 5.91 Å². The van der Waals surface area contributed by atoms with E-state index in [9.17, 15) is 4.79 Å². The number of nitrogens with two attached hydrogens (primary N) is 1. The summed E-state index contributed by atoms with van der Waals surface area (Å²) in [6, 6.07) is 0. The van der Waals surface area contributed by atoms with Crippen LogP contribution in [-0.4, -0.2) is 30.7 Å². The highest BCUT2D eigenvalue weighted by Crippen LogP contribution is 2.08. The molecule has 0 bridgehead atoms. The summed E-state index contributed by atoms with van der Waals surface area (Å²) < 4.78 is 0. The van der Waals surface area contributed by atoms with Gasteiger partial charge in [-0.15, -0.1) is 0 Å². The smallest absolute Gasteiger partial charge is 0.220 e. The molecule has 0 aromatic heterocycles. The minimum absolute atomic E-state index is 0.0716. The van der Waals surface area contributed by atoms with Gasteiger partial charge in [0.1, 0.15) is 0 Å². The molecular weight excluding hydrogens is 180 g/mol. The predicted octanol–water partition coefficient (Wildman–Crippen LogP) is 0.250. The van der Waals surface area contributed by atoms with E-state index in [-0.39, 0.29) is 12.5 Å². The summed E-state index contributed by atoms with van der Waals surface area (Å²) in [5.41, 5.74) is 5.41. The number of nitrogens with one attached hydrogen (secondary N) is 1. The Bertz CT molecular complexity index is 151. The van der Waals surface area contributed by atoms with Gasteiger partial charge in [-0.05, 0) is 31.7 Å². The highest BCUT2D eigenvalue weighted by molar-refractivity contribution is 5.75. The third-order valence-corrected chi connectivity index (χ3v) is 2.18. The van der Waals surface area contributed by atoms with Crippen LogP contribution in [0.25, 0.3) is 0 Å². The molecule has 0 saturated carbocycles. The molecule has 0 aromatic carbocycles. The second-order valence-corrected chi connectivity index (χ2v) is 3.65. The summed E-state index contributed by atoms with van der Waals surface area (Å²) >= 11 is 0. The standard InChI is InChI=1S/C10H22N2O2/c1-9(5-6-11)3-4-10(14)12-7-2-8-13/h9,13H,2-8,11H2,1H3,(H,12,14). The fourth-order valence-electron chi connectivity index (χ4n) is 1.20. The van der Waals surface area contributed by atoms with Gasteiger partial charge in [0.25, 0.3) is 0 Å². The van der Waals surface area contributed by atoms with Crippen molar-refractivity contribution in [3.05, 3.63) is 0 Å². The summed E-state index contributed by atoms with van der Waals surface area (Å²) in [5.74, 6) is 0.589. The molecule has 0 radical (unpaired) electrons. The van der Waals surface area contributed by atoms with Crippen LogP contribution in [-0.2, 0) is 4.79 Å². The van der Waals surface area contributed by atoms with Gasteiger partial charge in [0.05, 0.1) is 0 Å². The summed E-state index contributed by atoms with van der Waals surface area (Å²) in [5, 5.41) is 11.3. The maximum Gasteiger partial charge on any atom is 0.220 e. The number of rotatable bonds is 8. The van der Waals surface area contributed by atoms with Crippen molar-refractivity contribution in [2.24, 2.45) is 11.7 Å². The maximum atomic E-state index is 11.2. The van der Waals surface area contributed by atoms with E-state index in [1.165, 1.54) is 0 Å². The average molecular weight is 202 g/mol. The third-order valence-electron chi connectivity index (χ3n) is 2.18. The average Bonchev–Trinajstić information content (AvgIpc) is 2.16. The maximum absolute atomic E-state index is 11.2. The van der Waals surface area contributed by atoms with Crippen LogP contribution in [0.4, 0.5) is 0 Å². The molecule has 0 fully saturated rings. The first-order valence-electron chi connectivity index (χ1n) is 5.28. The van der Waals surface area contributed by atoms with Crippen LogP contribution < -0.4 is 11.1 Å². The number of aliphatic hydroxyl groups is 1. The minimum atomic E-state index is 0.0716. The summed E-state index contributed by atoms with van der Waals surface area (Å²) in [7, 11) is 0. The summed E-state index contributed by atoms with van der Waals surface area (Å²) in [6.07, 6.45) is 3.06. The normalized spacial score (nSPS) is 12.5. The first-order chi connectivity index (χ1) is 6.70. The molecule has 0 aromatic rings. The number of aliphatic hydroxyl groups excluding tert-OH is 1. The van der Waals surface area contributed by atoms with Gasteiger partial charge < -0.3 is 16.2 Å². The van der Waals surface area contributed by atoms with Crippen LogP contribution in [0.2, 0.25) is 0 Å². The van der Waals surface area contributed by atoms with E-state index in [0.717, 1.165) is 12.8 Å². The second kappa shape index (κ2) is 8.97. The first kappa shape index (κ1) is 13.4. The van der Waals surface area contributed by atoms with Crippen molar-refractivity contribution in [3.63, 3.8) is 0 Å². The zero-order valence-electron chi connectivity index (χ0n) is 8.96. The first-order valence-corrected chi connectivity index (χ1v) is 5.28. The van der Waals surface area contributed by atoms with Gasteiger partial charge in [0, 0.05) is 19.6 Å². The van der Waals surface area contributed by atoms with Crippen LogP contribution in [0, 0.1) is 5.92 Å². The number of hydrogen-bond acceptors (Lipinski definition) is 3. The largest absolute Gasteiger partial charge is 0.396 e. The van der Waals surface area contributed by atoms with E-state index in [2.05, 4.69) is 12.2 Å². The quantitative estimate of drug-likeness (QED) is 0.494. The lowest BCUT2D eigenvalue weighted by Gasteiger charge is -2.09. The zero-order valence-corrected chi connectivity index (χ0v) is 8.96. The molecule has 0 aliphatic carbocycles. The van der Waals surface area contributed by atoms with Gasteiger partial charge in [-0.25, -0.2) is 0 Å². The van der Waals surface area contributed by atoms with Crippen molar-refractivity contribution < 1.29 is 9.90 Å².